The summed E-state index contributed by atoms with van der Waals surface area (Å²) in [5.74, 6) is 2.08. The largest absolute Gasteiger partial charge is 0.493 e. The molecule has 2 rings (SSSR count). The van der Waals surface area contributed by atoms with Gasteiger partial charge in [-0.15, -0.1) is 10.2 Å². The summed E-state index contributed by atoms with van der Waals surface area (Å²) >= 11 is 0. The van der Waals surface area contributed by atoms with E-state index in [1.165, 1.54) is 0 Å². The number of ether oxygens (including phenoxy) is 2. The molecule has 0 saturated carbocycles. The third-order valence-corrected chi connectivity index (χ3v) is 2.63. The van der Waals surface area contributed by atoms with Crippen LogP contribution in [0.5, 0.6) is 11.5 Å². The van der Waals surface area contributed by atoms with Crippen molar-refractivity contribution in [1.29, 1.82) is 0 Å². The van der Waals surface area contributed by atoms with Crippen molar-refractivity contribution in [3.63, 3.8) is 0 Å². The van der Waals surface area contributed by atoms with Crippen molar-refractivity contribution >= 4 is 0 Å². The first-order valence-electron chi connectivity index (χ1n) is 5.57. The van der Waals surface area contributed by atoms with Gasteiger partial charge in [0.05, 0.1) is 7.11 Å². The highest BCUT2D eigenvalue weighted by Gasteiger charge is 2.07. The Kier molecular flexibility index (Phi) is 3.78. The molecule has 0 aliphatic rings. The summed E-state index contributed by atoms with van der Waals surface area (Å²) in [4.78, 5) is 0. The highest BCUT2D eigenvalue weighted by Crippen LogP contribution is 2.28. The number of rotatable bonds is 5. The van der Waals surface area contributed by atoms with Crippen molar-refractivity contribution in [2.45, 2.75) is 13.2 Å². The average Bonchev–Trinajstić information content (AvgIpc) is 2.81. The van der Waals surface area contributed by atoms with Crippen LogP contribution in [-0.2, 0) is 20.2 Å². The molecule has 2 N–H and O–H groups in total. The number of nitrogens with two attached hydrogens (primary N) is 1. The number of aromatic nitrogens is 3. The van der Waals surface area contributed by atoms with Crippen LogP contribution in [0.4, 0.5) is 0 Å². The first kappa shape index (κ1) is 12.4. The second-order valence-electron chi connectivity index (χ2n) is 3.84. The summed E-state index contributed by atoms with van der Waals surface area (Å²) in [5.41, 5.74) is 6.57. The minimum absolute atomic E-state index is 0.342. The zero-order chi connectivity index (χ0) is 13.0. The summed E-state index contributed by atoms with van der Waals surface area (Å²) in [6.07, 6.45) is 1.63. The second-order valence-corrected chi connectivity index (χ2v) is 3.84. The third kappa shape index (κ3) is 2.60. The Morgan fingerprint density at radius 2 is 2.17 bits per heavy atom. The quantitative estimate of drug-likeness (QED) is 0.849. The molecule has 0 unspecified atom stereocenters. The van der Waals surface area contributed by atoms with E-state index in [-0.39, 0.29) is 0 Å². The van der Waals surface area contributed by atoms with Gasteiger partial charge in [0.25, 0.3) is 0 Å². The van der Waals surface area contributed by atoms with Crippen LogP contribution in [0, 0.1) is 0 Å². The van der Waals surface area contributed by atoms with Crippen LogP contribution in [0.3, 0.4) is 0 Å². The Bertz CT molecular complexity index is 525. The van der Waals surface area contributed by atoms with Gasteiger partial charge >= 0.3 is 0 Å². The van der Waals surface area contributed by atoms with Crippen LogP contribution < -0.4 is 15.2 Å². The molecule has 0 bridgehead atoms. The molecule has 0 aliphatic heterocycles. The summed E-state index contributed by atoms with van der Waals surface area (Å²) in [7, 11) is 3.47. The van der Waals surface area contributed by atoms with E-state index in [2.05, 4.69) is 10.2 Å². The molecular formula is C12H16N4O2. The van der Waals surface area contributed by atoms with E-state index in [1.807, 2.05) is 25.2 Å². The molecule has 1 aromatic heterocycles. The molecule has 0 aliphatic carbocycles. The number of aryl methyl sites for hydroxylation is 1. The van der Waals surface area contributed by atoms with E-state index >= 15 is 0 Å². The Hall–Kier alpha value is -2.08. The summed E-state index contributed by atoms with van der Waals surface area (Å²) in [6, 6.07) is 5.62. The lowest BCUT2D eigenvalue weighted by molar-refractivity contribution is 0.272. The maximum atomic E-state index is 5.66. The fourth-order valence-corrected chi connectivity index (χ4v) is 1.54. The first-order valence-corrected chi connectivity index (χ1v) is 5.57. The molecule has 1 heterocycles. The van der Waals surface area contributed by atoms with Crippen LogP contribution >= 0.6 is 0 Å². The Balaban J connectivity index is 2.11. The van der Waals surface area contributed by atoms with E-state index in [0.29, 0.717) is 24.7 Å². The molecule has 0 fully saturated rings. The first-order chi connectivity index (χ1) is 8.74. The standard InChI is InChI=1S/C12H16N4O2/c1-16-8-14-15-12(16)7-18-10-4-3-9(6-13)5-11(10)17-2/h3-5,8H,6-7,13H2,1-2H3. The summed E-state index contributed by atoms with van der Waals surface area (Å²) in [5, 5.41) is 7.74. The predicted molar refractivity (Wildman–Crippen MR) is 66.2 cm³/mol. The van der Waals surface area contributed by atoms with Crippen LogP contribution in [0.1, 0.15) is 11.4 Å². The van der Waals surface area contributed by atoms with Gasteiger partial charge in [-0.1, -0.05) is 6.07 Å². The number of benzene rings is 1. The zero-order valence-electron chi connectivity index (χ0n) is 10.5. The Labute approximate surface area is 105 Å². The van der Waals surface area contributed by atoms with Gasteiger partial charge in [-0.05, 0) is 17.7 Å². The van der Waals surface area contributed by atoms with Crippen molar-refractivity contribution in [3.8, 4) is 11.5 Å². The lowest BCUT2D eigenvalue weighted by Gasteiger charge is -2.11. The maximum absolute atomic E-state index is 5.66. The summed E-state index contributed by atoms with van der Waals surface area (Å²) in [6.45, 7) is 0.814. The smallest absolute Gasteiger partial charge is 0.170 e. The molecule has 18 heavy (non-hydrogen) atoms. The normalized spacial score (nSPS) is 10.4. The van der Waals surface area contributed by atoms with Crippen molar-refractivity contribution < 1.29 is 9.47 Å². The van der Waals surface area contributed by atoms with E-state index in [0.717, 1.165) is 11.4 Å². The zero-order valence-corrected chi connectivity index (χ0v) is 10.5. The fraction of sp³-hybridized carbons (Fsp3) is 0.333. The predicted octanol–water partition coefficient (Wildman–Crippen LogP) is 0.861. The van der Waals surface area contributed by atoms with Gasteiger partial charge in [-0.25, -0.2) is 0 Å². The number of hydrogen-bond acceptors (Lipinski definition) is 5. The van der Waals surface area contributed by atoms with E-state index in [9.17, 15) is 0 Å². The van der Waals surface area contributed by atoms with Gasteiger partial charge in [0.2, 0.25) is 0 Å². The number of nitrogens with zero attached hydrogens (tertiary/aromatic N) is 3. The monoisotopic (exact) mass is 248 g/mol. The van der Waals surface area contributed by atoms with E-state index < -0.39 is 0 Å². The van der Waals surface area contributed by atoms with Gasteiger partial charge in [0.1, 0.15) is 12.9 Å². The van der Waals surface area contributed by atoms with Gasteiger partial charge in [0, 0.05) is 13.6 Å². The maximum Gasteiger partial charge on any atom is 0.170 e. The van der Waals surface area contributed by atoms with Crippen LogP contribution in [0.2, 0.25) is 0 Å². The minimum Gasteiger partial charge on any atom is -0.493 e. The van der Waals surface area contributed by atoms with Gasteiger partial charge in [0.15, 0.2) is 17.3 Å². The van der Waals surface area contributed by atoms with Crippen LogP contribution in [0.25, 0.3) is 0 Å². The molecule has 0 atom stereocenters. The molecule has 6 heteroatoms. The molecular weight excluding hydrogens is 232 g/mol. The van der Waals surface area contributed by atoms with Gasteiger partial charge < -0.3 is 19.8 Å². The topological polar surface area (TPSA) is 75.2 Å². The lowest BCUT2D eigenvalue weighted by Crippen LogP contribution is -2.04. The second kappa shape index (κ2) is 5.50. The van der Waals surface area contributed by atoms with Crippen LogP contribution in [-0.4, -0.2) is 21.9 Å². The van der Waals surface area contributed by atoms with Crippen LogP contribution in [0.15, 0.2) is 24.5 Å². The minimum atomic E-state index is 0.342. The molecule has 0 spiro atoms. The van der Waals surface area contributed by atoms with E-state index in [4.69, 9.17) is 15.2 Å². The molecule has 2 aromatic rings. The molecule has 6 nitrogen and oxygen atoms in total. The fourth-order valence-electron chi connectivity index (χ4n) is 1.54. The van der Waals surface area contributed by atoms with Crippen molar-refractivity contribution in [2.75, 3.05) is 7.11 Å². The molecule has 0 radical (unpaired) electrons. The molecule has 0 amide bonds. The third-order valence-electron chi connectivity index (χ3n) is 2.63. The average molecular weight is 248 g/mol. The number of hydrogen-bond donors (Lipinski definition) is 1. The van der Waals surface area contributed by atoms with Gasteiger partial charge in [-0.3, -0.25) is 0 Å². The molecule has 0 saturated heterocycles. The van der Waals surface area contributed by atoms with Crippen molar-refractivity contribution in [3.05, 3.63) is 35.9 Å². The molecule has 1 aromatic carbocycles. The number of methoxy groups -OCH3 is 1. The lowest BCUT2D eigenvalue weighted by atomic mass is 10.2. The van der Waals surface area contributed by atoms with E-state index in [1.54, 1.807) is 18.0 Å². The van der Waals surface area contributed by atoms with Gasteiger partial charge in [-0.2, -0.15) is 0 Å². The summed E-state index contributed by atoms with van der Waals surface area (Å²) < 4.78 is 12.7. The Morgan fingerprint density at radius 3 is 2.78 bits per heavy atom. The van der Waals surface area contributed by atoms with Crippen molar-refractivity contribution in [2.24, 2.45) is 12.8 Å². The highest BCUT2D eigenvalue weighted by molar-refractivity contribution is 5.42. The SMILES string of the molecule is COc1cc(CN)ccc1OCc1nncn1C. The Morgan fingerprint density at radius 1 is 1.33 bits per heavy atom. The highest BCUT2D eigenvalue weighted by atomic mass is 16.5. The molecule has 96 valence electrons. The van der Waals surface area contributed by atoms with Crippen molar-refractivity contribution in [1.82, 2.24) is 14.8 Å².